The fourth-order valence-electron chi connectivity index (χ4n) is 0. The van der Waals surface area contributed by atoms with Crippen LogP contribution in [-0.2, 0) is 9.09 Å². The van der Waals surface area contributed by atoms with Crippen molar-refractivity contribution in [3.8, 4) is 0 Å². The van der Waals surface area contributed by atoms with Gasteiger partial charge in [-0.1, -0.05) is 20.8 Å². The van der Waals surface area contributed by atoms with Gasteiger partial charge in [0.05, 0.1) is 0 Å². The standard InChI is InChI=1S/C4H10.CH5O4P/c1-4(2)3;1-5-6(2,3)4/h4H,1-3H3;1H3,(H2,2,3,4). The number of hydrogen-bond donors (Lipinski definition) is 2. The van der Waals surface area contributed by atoms with Crippen molar-refractivity contribution in [3.05, 3.63) is 0 Å². The number of rotatable bonds is 1. The third kappa shape index (κ3) is 42.4. The van der Waals surface area contributed by atoms with Crippen LogP contribution in [0.5, 0.6) is 0 Å². The summed E-state index contributed by atoms with van der Waals surface area (Å²) in [4.78, 5) is 15.4. The van der Waals surface area contributed by atoms with Crippen molar-refractivity contribution in [1.29, 1.82) is 0 Å². The van der Waals surface area contributed by atoms with Gasteiger partial charge < -0.3 is 9.79 Å². The van der Waals surface area contributed by atoms with Crippen molar-refractivity contribution < 1.29 is 18.9 Å². The van der Waals surface area contributed by atoms with Gasteiger partial charge in [-0.25, -0.2) is 4.57 Å². The SMILES string of the molecule is CC(C)C.COP(=O)(O)O. The van der Waals surface area contributed by atoms with Gasteiger partial charge in [0, 0.05) is 7.11 Å². The first-order valence-electron chi connectivity index (χ1n) is 2.91. The molecule has 0 aliphatic heterocycles. The molecule has 0 unspecified atom stereocenters. The van der Waals surface area contributed by atoms with Crippen molar-refractivity contribution in [2.75, 3.05) is 7.11 Å². The van der Waals surface area contributed by atoms with Crippen LogP contribution in [-0.4, -0.2) is 16.9 Å². The lowest BCUT2D eigenvalue weighted by Gasteiger charge is -1.93. The van der Waals surface area contributed by atoms with Gasteiger partial charge in [-0.3, -0.25) is 4.52 Å². The molecule has 0 aromatic heterocycles. The van der Waals surface area contributed by atoms with E-state index in [-0.39, 0.29) is 0 Å². The van der Waals surface area contributed by atoms with E-state index in [9.17, 15) is 4.57 Å². The third-order valence-electron chi connectivity index (χ3n) is 0.238. The molecule has 5 heteroatoms. The lowest BCUT2D eigenvalue weighted by atomic mass is 10.3. The lowest BCUT2D eigenvalue weighted by molar-refractivity contribution is 0.235. The molecule has 2 N–H and O–H groups in total. The van der Waals surface area contributed by atoms with E-state index >= 15 is 0 Å². The van der Waals surface area contributed by atoms with E-state index in [0.29, 0.717) is 0 Å². The van der Waals surface area contributed by atoms with Crippen LogP contribution in [0.2, 0.25) is 0 Å². The Labute approximate surface area is 61.5 Å². The molecule has 64 valence electrons. The van der Waals surface area contributed by atoms with Crippen molar-refractivity contribution in [1.82, 2.24) is 0 Å². The van der Waals surface area contributed by atoms with Gasteiger partial charge >= 0.3 is 7.82 Å². The predicted molar refractivity (Wildman–Crippen MR) is 39.6 cm³/mol. The maximum absolute atomic E-state index is 9.47. The van der Waals surface area contributed by atoms with Crippen LogP contribution in [0.3, 0.4) is 0 Å². The largest absolute Gasteiger partial charge is 0.469 e. The van der Waals surface area contributed by atoms with Crippen molar-refractivity contribution >= 4 is 7.82 Å². The van der Waals surface area contributed by atoms with Crippen molar-refractivity contribution in [2.45, 2.75) is 20.8 Å². The second-order valence-corrected chi connectivity index (χ2v) is 3.75. The summed E-state index contributed by atoms with van der Waals surface area (Å²) in [6.07, 6.45) is 0. The maximum atomic E-state index is 9.47. The molecule has 0 amide bonds. The molecular weight excluding hydrogens is 155 g/mol. The van der Waals surface area contributed by atoms with E-state index in [0.717, 1.165) is 13.0 Å². The molecule has 0 radical (unpaired) electrons. The fourth-order valence-corrected chi connectivity index (χ4v) is 0. The number of hydrogen-bond acceptors (Lipinski definition) is 2. The summed E-state index contributed by atoms with van der Waals surface area (Å²) in [6.45, 7) is 6.50. The Bertz CT molecular complexity index is 103. The summed E-state index contributed by atoms with van der Waals surface area (Å²) in [6, 6.07) is 0. The van der Waals surface area contributed by atoms with E-state index in [4.69, 9.17) is 9.79 Å². The normalized spacial score (nSPS) is 10.7. The number of phosphoric ester groups is 1. The highest BCUT2D eigenvalue weighted by molar-refractivity contribution is 7.46. The van der Waals surface area contributed by atoms with E-state index in [2.05, 4.69) is 25.3 Å². The average molecular weight is 170 g/mol. The molecule has 0 aromatic carbocycles. The molecule has 4 nitrogen and oxygen atoms in total. The van der Waals surface area contributed by atoms with Crippen LogP contribution >= 0.6 is 7.82 Å². The molecule has 0 aromatic rings. The van der Waals surface area contributed by atoms with Crippen LogP contribution in [0.1, 0.15) is 20.8 Å². The first-order chi connectivity index (χ1) is 4.29. The zero-order valence-corrected chi connectivity index (χ0v) is 7.63. The van der Waals surface area contributed by atoms with E-state index in [1.807, 2.05) is 0 Å². The molecule has 10 heavy (non-hydrogen) atoms. The van der Waals surface area contributed by atoms with Crippen LogP contribution < -0.4 is 0 Å². The second-order valence-electron chi connectivity index (χ2n) is 2.41. The Hall–Kier alpha value is 0.110. The molecule has 0 aliphatic carbocycles. The Kier molecular flexibility index (Phi) is 7.48. The average Bonchev–Trinajstić information content (AvgIpc) is 1.63. The molecule has 0 saturated heterocycles. The minimum absolute atomic E-state index is 0.833. The topological polar surface area (TPSA) is 66.8 Å². The van der Waals surface area contributed by atoms with Gasteiger partial charge in [-0.05, 0) is 5.92 Å². The smallest absolute Gasteiger partial charge is 0.303 e. The summed E-state index contributed by atoms with van der Waals surface area (Å²) in [5, 5.41) is 0. The predicted octanol–water partition coefficient (Wildman–Crippen LogP) is 1.39. The first-order valence-corrected chi connectivity index (χ1v) is 4.44. The van der Waals surface area contributed by atoms with Gasteiger partial charge in [0.25, 0.3) is 0 Å². The van der Waals surface area contributed by atoms with E-state index < -0.39 is 7.82 Å². The van der Waals surface area contributed by atoms with E-state index in [1.54, 1.807) is 0 Å². The molecule has 0 spiro atoms. The maximum Gasteiger partial charge on any atom is 0.469 e. The van der Waals surface area contributed by atoms with Gasteiger partial charge in [0.15, 0.2) is 0 Å². The Balaban J connectivity index is 0. The Morgan fingerprint density at radius 2 is 1.40 bits per heavy atom. The Morgan fingerprint density at radius 3 is 1.40 bits per heavy atom. The van der Waals surface area contributed by atoms with Gasteiger partial charge in [-0.15, -0.1) is 0 Å². The summed E-state index contributed by atoms with van der Waals surface area (Å²) in [5.74, 6) is 0.833. The molecule has 0 saturated carbocycles. The highest BCUT2D eigenvalue weighted by Gasteiger charge is 2.07. The summed E-state index contributed by atoms with van der Waals surface area (Å²) >= 11 is 0. The molecule has 0 fully saturated rings. The van der Waals surface area contributed by atoms with Crippen LogP contribution in [0, 0.1) is 5.92 Å². The lowest BCUT2D eigenvalue weighted by Crippen LogP contribution is -1.76. The summed E-state index contributed by atoms with van der Waals surface area (Å²) < 4.78 is 13.1. The highest BCUT2D eigenvalue weighted by Crippen LogP contribution is 2.33. The third-order valence-corrected chi connectivity index (χ3v) is 0.714. The fraction of sp³-hybridized carbons (Fsp3) is 1.00. The van der Waals surface area contributed by atoms with Gasteiger partial charge in [-0.2, -0.15) is 0 Å². The second kappa shape index (κ2) is 5.86. The zero-order chi connectivity index (χ0) is 8.78. The molecule has 0 atom stereocenters. The Morgan fingerprint density at radius 1 is 1.30 bits per heavy atom. The molecule has 0 heterocycles. The van der Waals surface area contributed by atoms with Crippen LogP contribution in [0.15, 0.2) is 0 Å². The summed E-state index contributed by atoms with van der Waals surface area (Å²) in [5.41, 5.74) is 0. The van der Waals surface area contributed by atoms with Crippen molar-refractivity contribution in [3.63, 3.8) is 0 Å². The van der Waals surface area contributed by atoms with Gasteiger partial charge in [0.2, 0.25) is 0 Å². The minimum Gasteiger partial charge on any atom is -0.303 e. The quantitative estimate of drug-likeness (QED) is 0.583. The monoisotopic (exact) mass is 170 g/mol. The molecule has 0 rings (SSSR count). The van der Waals surface area contributed by atoms with Crippen LogP contribution in [0.4, 0.5) is 0 Å². The van der Waals surface area contributed by atoms with Gasteiger partial charge in [0.1, 0.15) is 0 Å². The number of phosphoric acid groups is 1. The molecule has 0 bridgehead atoms. The van der Waals surface area contributed by atoms with Crippen molar-refractivity contribution in [2.24, 2.45) is 5.92 Å². The first kappa shape index (κ1) is 12.8. The zero-order valence-electron chi connectivity index (χ0n) is 6.74. The highest BCUT2D eigenvalue weighted by atomic mass is 31.2. The summed E-state index contributed by atoms with van der Waals surface area (Å²) in [7, 11) is -3.20. The van der Waals surface area contributed by atoms with Crippen LogP contribution in [0.25, 0.3) is 0 Å². The minimum atomic E-state index is -4.15. The molecular formula is C5H15O4P. The molecule has 0 aliphatic rings. The van der Waals surface area contributed by atoms with E-state index in [1.165, 1.54) is 0 Å².